The van der Waals surface area contributed by atoms with Crippen molar-refractivity contribution in [2.24, 2.45) is 0 Å². The first kappa shape index (κ1) is 16.5. The third-order valence-corrected chi connectivity index (χ3v) is 3.70. The number of rotatable bonds is 7. The van der Waals surface area contributed by atoms with E-state index in [-0.39, 0.29) is 25.3 Å². The smallest absolute Gasteiger partial charge is 0.305 e. The Morgan fingerprint density at radius 3 is 2.65 bits per heavy atom. The predicted molar refractivity (Wildman–Crippen MR) is 78.9 cm³/mol. The number of methoxy groups -OCH3 is 1. The van der Waals surface area contributed by atoms with Gasteiger partial charge in [0.1, 0.15) is 5.75 Å². The van der Waals surface area contributed by atoms with Gasteiger partial charge in [-0.2, -0.15) is 0 Å². The number of benzene rings is 1. The molecule has 0 aliphatic rings. The van der Waals surface area contributed by atoms with E-state index in [1.165, 1.54) is 0 Å². The van der Waals surface area contributed by atoms with Crippen molar-refractivity contribution in [1.82, 2.24) is 4.90 Å². The number of likely N-dealkylation sites (N-methyl/N-ethyl adjacent to an activating group) is 1. The minimum absolute atomic E-state index is 0.0428. The van der Waals surface area contributed by atoms with E-state index in [0.717, 1.165) is 10.0 Å². The van der Waals surface area contributed by atoms with Crippen LogP contribution in [-0.2, 0) is 16.0 Å². The molecule has 1 N–H and O–H groups in total. The molecule has 0 bridgehead atoms. The van der Waals surface area contributed by atoms with Crippen LogP contribution < -0.4 is 4.74 Å². The number of carboxylic acid groups (broad SMARTS) is 1. The molecule has 0 spiro atoms. The lowest BCUT2D eigenvalue weighted by atomic mass is 10.1. The number of nitrogens with zero attached hydrogens (tertiary/aromatic N) is 1. The average molecular weight is 344 g/mol. The molecule has 0 aromatic heterocycles. The number of amides is 1. The van der Waals surface area contributed by atoms with Crippen LogP contribution in [0.2, 0.25) is 0 Å². The first-order chi connectivity index (χ1) is 9.47. The number of carbonyl (C=O) groups excluding carboxylic acids is 1. The molecule has 1 amide bonds. The van der Waals surface area contributed by atoms with Gasteiger partial charge in [-0.1, -0.05) is 15.9 Å². The maximum Gasteiger partial charge on any atom is 0.305 e. The summed E-state index contributed by atoms with van der Waals surface area (Å²) in [6.45, 7) is 2.56. The highest BCUT2D eigenvalue weighted by atomic mass is 79.9. The molecule has 0 aliphatic carbocycles. The molecule has 20 heavy (non-hydrogen) atoms. The van der Waals surface area contributed by atoms with Gasteiger partial charge in [-0.15, -0.1) is 0 Å². The second kappa shape index (κ2) is 7.89. The second-order valence-electron chi connectivity index (χ2n) is 4.25. The Morgan fingerprint density at radius 2 is 2.10 bits per heavy atom. The van der Waals surface area contributed by atoms with Gasteiger partial charge >= 0.3 is 5.97 Å². The summed E-state index contributed by atoms with van der Waals surface area (Å²) in [6.07, 6.45) is 0.171. The fourth-order valence-electron chi connectivity index (χ4n) is 1.78. The summed E-state index contributed by atoms with van der Waals surface area (Å²) in [6, 6.07) is 5.43. The van der Waals surface area contributed by atoms with Crippen molar-refractivity contribution in [2.45, 2.75) is 19.8 Å². The van der Waals surface area contributed by atoms with Gasteiger partial charge in [0.25, 0.3) is 0 Å². The topological polar surface area (TPSA) is 66.8 Å². The van der Waals surface area contributed by atoms with Gasteiger partial charge < -0.3 is 14.7 Å². The van der Waals surface area contributed by atoms with E-state index in [1.807, 2.05) is 13.0 Å². The quantitative estimate of drug-likeness (QED) is 0.824. The van der Waals surface area contributed by atoms with E-state index in [9.17, 15) is 9.59 Å². The van der Waals surface area contributed by atoms with Crippen LogP contribution in [-0.4, -0.2) is 42.1 Å². The lowest BCUT2D eigenvalue weighted by Crippen LogP contribution is -2.34. The maximum absolute atomic E-state index is 12.2. The van der Waals surface area contributed by atoms with Crippen LogP contribution in [0.4, 0.5) is 0 Å². The van der Waals surface area contributed by atoms with E-state index < -0.39 is 5.97 Å². The van der Waals surface area contributed by atoms with E-state index in [4.69, 9.17) is 9.84 Å². The van der Waals surface area contributed by atoms with Gasteiger partial charge in [0.2, 0.25) is 5.91 Å². The molecule has 0 radical (unpaired) electrons. The summed E-state index contributed by atoms with van der Waals surface area (Å²) in [5.41, 5.74) is 0.822. The summed E-state index contributed by atoms with van der Waals surface area (Å²) in [7, 11) is 1.57. The first-order valence-electron chi connectivity index (χ1n) is 6.30. The molecule has 110 valence electrons. The zero-order valence-electron chi connectivity index (χ0n) is 11.6. The van der Waals surface area contributed by atoms with Crippen LogP contribution in [0, 0.1) is 0 Å². The Hall–Kier alpha value is -1.56. The van der Waals surface area contributed by atoms with Crippen LogP contribution in [0.15, 0.2) is 22.7 Å². The van der Waals surface area contributed by atoms with Crippen molar-refractivity contribution >= 4 is 27.8 Å². The van der Waals surface area contributed by atoms with Crippen LogP contribution in [0.1, 0.15) is 18.9 Å². The monoisotopic (exact) mass is 343 g/mol. The molecule has 0 saturated heterocycles. The standard InChI is InChI=1S/C14H18BrNO4/c1-3-16(7-6-14(18)19)13(17)9-10-8-11(20-2)4-5-12(10)15/h4-5,8H,3,6-7,9H2,1-2H3,(H,18,19). The van der Waals surface area contributed by atoms with Crippen molar-refractivity contribution in [3.8, 4) is 5.75 Å². The van der Waals surface area contributed by atoms with E-state index in [0.29, 0.717) is 12.3 Å². The minimum atomic E-state index is -0.904. The minimum Gasteiger partial charge on any atom is -0.497 e. The summed E-state index contributed by atoms with van der Waals surface area (Å²) in [5.74, 6) is -0.314. The zero-order valence-corrected chi connectivity index (χ0v) is 13.1. The Labute approximate surface area is 126 Å². The summed E-state index contributed by atoms with van der Waals surface area (Å²) in [4.78, 5) is 24.3. The molecule has 1 rings (SSSR count). The molecular weight excluding hydrogens is 326 g/mol. The molecule has 0 saturated carbocycles. The highest BCUT2D eigenvalue weighted by molar-refractivity contribution is 9.10. The zero-order chi connectivity index (χ0) is 15.1. The number of hydrogen-bond donors (Lipinski definition) is 1. The van der Waals surface area contributed by atoms with E-state index in [2.05, 4.69) is 15.9 Å². The number of hydrogen-bond acceptors (Lipinski definition) is 3. The molecule has 5 nitrogen and oxygen atoms in total. The molecule has 0 heterocycles. The summed E-state index contributed by atoms with van der Waals surface area (Å²) >= 11 is 3.40. The van der Waals surface area contributed by atoms with Gasteiger partial charge in [-0.25, -0.2) is 0 Å². The Bertz CT molecular complexity index is 490. The largest absolute Gasteiger partial charge is 0.497 e. The van der Waals surface area contributed by atoms with Gasteiger partial charge in [0.15, 0.2) is 0 Å². The van der Waals surface area contributed by atoms with Gasteiger partial charge in [-0.05, 0) is 30.7 Å². The molecule has 1 aromatic carbocycles. The maximum atomic E-state index is 12.2. The van der Waals surface area contributed by atoms with Crippen molar-refractivity contribution in [2.75, 3.05) is 20.2 Å². The van der Waals surface area contributed by atoms with Crippen molar-refractivity contribution in [1.29, 1.82) is 0 Å². The van der Waals surface area contributed by atoms with Crippen molar-refractivity contribution in [3.05, 3.63) is 28.2 Å². The summed E-state index contributed by atoms with van der Waals surface area (Å²) < 4.78 is 5.97. The van der Waals surface area contributed by atoms with Gasteiger partial charge in [0.05, 0.1) is 20.0 Å². The van der Waals surface area contributed by atoms with Crippen molar-refractivity contribution in [3.63, 3.8) is 0 Å². The second-order valence-corrected chi connectivity index (χ2v) is 5.11. The highest BCUT2D eigenvalue weighted by Gasteiger charge is 2.15. The normalized spacial score (nSPS) is 10.2. The molecular formula is C14H18BrNO4. The Balaban J connectivity index is 2.75. The summed E-state index contributed by atoms with van der Waals surface area (Å²) in [5, 5.41) is 8.68. The number of carbonyl (C=O) groups is 2. The molecule has 0 atom stereocenters. The van der Waals surface area contributed by atoms with E-state index >= 15 is 0 Å². The van der Waals surface area contributed by atoms with Gasteiger partial charge in [-0.3, -0.25) is 9.59 Å². The molecule has 0 unspecified atom stereocenters. The third kappa shape index (κ3) is 4.85. The molecule has 1 aromatic rings. The number of aliphatic carboxylic acids is 1. The number of ether oxygens (including phenoxy) is 1. The lowest BCUT2D eigenvalue weighted by Gasteiger charge is -2.20. The average Bonchev–Trinajstić information content (AvgIpc) is 2.41. The number of halogens is 1. The molecule has 0 fully saturated rings. The van der Waals surface area contributed by atoms with Crippen LogP contribution >= 0.6 is 15.9 Å². The van der Waals surface area contributed by atoms with Crippen LogP contribution in [0.3, 0.4) is 0 Å². The van der Waals surface area contributed by atoms with E-state index in [1.54, 1.807) is 24.1 Å². The van der Waals surface area contributed by atoms with Crippen LogP contribution in [0.5, 0.6) is 5.75 Å². The molecule has 6 heteroatoms. The van der Waals surface area contributed by atoms with Crippen molar-refractivity contribution < 1.29 is 19.4 Å². The molecule has 0 aliphatic heterocycles. The fourth-order valence-corrected chi connectivity index (χ4v) is 2.16. The SMILES string of the molecule is CCN(CCC(=O)O)C(=O)Cc1cc(OC)ccc1Br. The first-order valence-corrected chi connectivity index (χ1v) is 7.09. The highest BCUT2D eigenvalue weighted by Crippen LogP contribution is 2.23. The fraction of sp³-hybridized carbons (Fsp3) is 0.429. The number of carboxylic acids is 1. The Morgan fingerprint density at radius 1 is 1.40 bits per heavy atom. The van der Waals surface area contributed by atoms with Crippen LogP contribution in [0.25, 0.3) is 0 Å². The Kier molecular flexibility index (Phi) is 6.51. The predicted octanol–water partition coefficient (Wildman–Crippen LogP) is 2.32. The third-order valence-electron chi connectivity index (χ3n) is 2.92. The lowest BCUT2D eigenvalue weighted by molar-refractivity contribution is -0.138. The van der Waals surface area contributed by atoms with Gasteiger partial charge in [0, 0.05) is 17.6 Å².